The third-order valence-electron chi connectivity index (χ3n) is 6.70. The lowest BCUT2D eigenvalue weighted by molar-refractivity contribution is 0.255. The summed E-state index contributed by atoms with van der Waals surface area (Å²) in [4.78, 5) is 13.3. The van der Waals surface area contributed by atoms with Crippen molar-refractivity contribution in [3.8, 4) is 0 Å². The molecule has 4 rings (SSSR count). The summed E-state index contributed by atoms with van der Waals surface area (Å²) in [5.74, 6) is 1.36. The molecule has 0 spiro atoms. The highest BCUT2D eigenvalue weighted by molar-refractivity contribution is 7.94. The molecule has 3 aromatic rings. The maximum atomic E-state index is 12.8. The van der Waals surface area contributed by atoms with Crippen molar-refractivity contribution >= 4 is 38.9 Å². The number of rotatable bonds is 6. The lowest BCUT2D eigenvalue weighted by Gasteiger charge is -2.30. The molecule has 36 heavy (non-hydrogen) atoms. The van der Waals surface area contributed by atoms with E-state index in [9.17, 15) is 8.42 Å². The van der Waals surface area contributed by atoms with Gasteiger partial charge in [0.05, 0.1) is 16.1 Å². The predicted molar refractivity (Wildman–Crippen MR) is 148 cm³/mol. The zero-order valence-electron chi connectivity index (χ0n) is 21.7. The number of likely N-dealkylation sites (tertiary alicyclic amines) is 1. The zero-order chi connectivity index (χ0) is 26.1. The minimum Gasteiger partial charge on any atom is -0.383 e. The SMILES string of the molecule is Cc1cnc(N(c2ccc(C3CCN(C)CC3)cc2)c2cccc(NS(=O)(=O)C(C)(C)C)c2)nc1N. The standard InChI is InChI=1S/C27H36N6O2S/c1-19-18-29-26(30-25(19)28)33(23-11-9-20(10-12-23)21-13-15-32(5)16-14-21)24-8-6-7-22(17-24)31-36(34,35)27(2,3)4/h6-12,17-18,21,31H,13-16H2,1-5H3,(H2,28,29,30). The van der Waals surface area contributed by atoms with Gasteiger partial charge in [0.15, 0.2) is 0 Å². The molecule has 1 aliphatic heterocycles. The van der Waals surface area contributed by atoms with E-state index in [4.69, 9.17) is 5.73 Å². The fraction of sp³-hybridized carbons (Fsp3) is 0.407. The summed E-state index contributed by atoms with van der Waals surface area (Å²) in [6, 6.07) is 15.7. The van der Waals surface area contributed by atoms with Crippen molar-refractivity contribution in [2.75, 3.05) is 35.5 Å². The van der Waals surface area contributed by atoms with E-state index in [1.54, 1.807) is 39.1 Å². The molecule has 3 N–H and O–H groups in total. The minimum atomic E-state index is -3.58. The minimum absolute atomic E-state index is 0.400. The molecular formula is C27H36N6O2S. The van der Waals surface area contributed by atoms with Gasteiger partial charge in [0.2, 0.25) is 16.0 Å². The van der Waals surface area contributed by atoms with Crippen molar-refractivity contribution in [1.82, 2.24) is 14.9 Å². The number of nitrogens with one attached hydrogen (secondary N) is 1. The van der Waals surface area contributed by atoms with Crippen LogP contribution in [0.15, 0.2) is 54.7 Å². The fourth-order valence-corrected chi connectivity index (χ4v) is 4.93. The Kier molecular flexibility index (Phi) is 7.24. The van der Waals surface area contributed by atoms with Gasteiger partial charge in [-0.1, -0.05) is 18.2 Å². The number of nitrogen functional groups attached to an aromatic ring is 1. The lowest BCUT2D eigenvalue weighted by atomic mass is 9.89. The number of anilines is 5. The van der Waals surface area contributed by atoms with Crippen LogP contribution < -0.4 is 15.4 Å². The molecule has 0 aliphatic carbocycles. The number of piperidine rings is 1. The van der Waals surface area contributed by atoms with E-state index >= 15 is 0 Å². The smallest absolute Gasteiger partial charge is 0.237 e. The van der Waals surface area contributed by atoms with Crippen LogP contribution in [0.5, 0.6) is 0 Å². The van der Waals surface area contributed by atoms with Gasteiger partial charge in [0, 0.05) is 17.4 Å². The van der Waals surface area contributed by atoms with Crippen molar-refractivity contribution in [3.05, 3.63) is 65.9 Å². The number of benzene rings is 2. The first-order chi connectivity index (χ1) is 16.9. The van der Waals surface area contributed by atoms with Crippen LogP contribution in [0.2, 0.25) is 0 Å². The van der Waals surface area contributed by atoms with E-state index in [2.05, 4.69) is 50.9 Å². The molecule has 1 aromatic heterocycles. The van der Waals surface area contributed by atoms with Gasteiger partial charge >= 0.3 is 0 Å². The molecule has 192 valence electrons. The van der Waals surface area contributed by atoms with Crippen LogP contribution >= 0.6 is 0 Å². The van der Waals surface area contributed by atoms with Crippen LogP contribution in [0, 0.1) is 6.92 Å². The van der Waals surface area contributed by atoms with Crippen molar-refractivity contribution in [2.45, 2.75) is 51.2 Å². The van der Waals surface area contributed by atoms with Crippen LogP contribution in [0.3, 0.4) is 0 Å². The molecule has 0 unspecified atom stereocenters. The first-order valence-electron chi connectivity index (χ1n) is 12.2. The van der Waals surface area contributed by atoms with Crippen LogP contribution in [0.4, 0.5) is 28.8 Å². The maximum absolute atomic E-state index is 12.8. The Hall–Kier alpha value is -3.17. The van der Waals surface area contributed by atoms with E-state index in [0.29, 0.717) is 23.4 Å². The van der Waals surface area contributed by atoms with E-state index in [-0.39, 0.29) is 0 Å². The number of hydrogen-bond donors (Lipinski definition) is 2. The number of aromatic nitrogens is 2. The highest BCUT2D eigenvalue weighted by Crippen LogP contribution is 2.36. The lowest BCUT2D eigenvalue weighted by Crippen LogP contribution is -2.33. The normalized spacial score (nSPS) is 15.6. The van der Waals surface area contributed by atoms with Gasteiger partial charge < -0.3 is 10.6 Å². The molecule has 8 nitrogen and oxygen atoms in total. The van der Waals surface area contributed by atoms with E-state index in [1.165, 1.54) is 5.56 Å². The average molecular weight is 509 g/mol. The number of hydrogen-bond acceptors (Lipinski definition) is 7. The van der Waals surface area contributed by atoms with E-state index in [1.807, 2.05) is 24.0 Å². The molecule has 9 heteroatoms. The van der Waals surface area contributed by atoms with Gasteiger partial charge in [-0.2, -0.15) is 4.98 Å². The third-order valence-corrected chi connectivity index (χ3v) is 8.82. The predicted octanol–water partition coefficient (Wildman–Crippen LogP) is 5.19. The summed E-state index contributed by atoms with van der Waals surface area (Å²) in [5, 5.41) is 0. The van der Waals surface area contributed by atoms with Crippen molar-refractivity contribution in [3.63, 3.8) is 0 Å². The fourth-order valence-electron chi connectivity index (χ4n) is 4.19. The van der Waals surface area contributed by atoms with Crippen LogP contribution in [-0.4, -0.2) is 48.2 Å². The molecule has 1 aliphatic rings. The Morgan fingerprint density at radius 1 is 1.06 bits per heavy atom. The highest BCUT2D eigenvalue weighted by atomic mass is 32.2. The number of nitrogens with two attached hydrogens (primary N) is 1. The van der Waals surface area contributed by atoms with Crippen molar-refractivity contribution in [2.24, 2.45) is 0 Å². The zero-order valence-corrected chi connectivity index (χ0v) is 22.5. The second kappa shape index (κ2) is 10.1. The van der Waals surface area contributed by atoms with Crippen LogP contribution in [-0.2, 0) is 10.0 Å². The number of aryl methyl sites for hydroxylation is 1. The second-order valence-electron chi connectivity index (χ2n) is 10.5. The molecule has 2 heterocycles. The first-order valence-corrected chi connectivity index (χ1v) is 13.7. The van der Waals surface area contributed by atoms with Gasteiger partial charge in [0.1, 0.15) is 5.82 Å². The van der Waals surface area contributed by atoms with E-state index < -0.39 is 14.8 Å². The topological polar surface area (TPSA) is 104 Å². The van der Waals surface area contributed by atoms with Crippen molar-refractivity contribution in [1.29, 1.82) is 0 Å². The molecule has 0 saturated carbocycles. The molecule has 2 aromatic carbocycles. The maximum Gasteiger partial charge on any atom is 0.237 e. The van der Waals surface area contributed by atoms with Gasteiger partial charge in [-0.3, -0.25) is 9.62 Å². The molecule has 0 radical (unpaired) electrons. The van der Waals surface area contributed by atoms with Crippen LogP contribution in [0.1, 0.15) is 50.7 Å². The Morgan fingerprint density at radius 3 is 2.33 bits per heavy atom. The summed E-state index contributed by atoms with van der Waals surface area (Å²) in [5.41, 5.74) is 10.3. The molecule has 1 fully saturated rings. The average Bonchev–Trinajstić information content (AvgIpc) is 2.82. The summed E-state index contributed by atoms with van der Waals surface area (Å²) >= 11 is 0. The molecular weight excluding hydrogens is 472 g/mol. The molecule has 0 bridgehead atoms. The monoisotopic (exact) mass is 508 g/mol. The molecule has 0 amide bonds. The Balaban J connectivity index is 1.72. The molecule has 0 atom stereocenters. The van der Waals surface area contributed by atoms with Crippen molar-refractivity contribution < 1.29 is 8.42 Å². The summed E-state index contributed by atoms with van der Waals surface area (Å²) in [6.45, 7) is 9.07. The first kappa shape index (κ1) is 25.9. The summed E-state index contributed by atoms with van der Waals surface area (Å²) < 4.78 is 27.3. The number of sulfonamides is 1. The Morgan fingerprint density at radius 2 is 1.72 bits per heavy atom. The van der Waals surface area contributed by atoms with Gasteiger partial charge in [0.25, 0.3) is 0 Å². The Labute approximate surface area is 214 Å². The molecule has 1 saturated heterocycles. The van der Waals surface area contributed by atoms with Gasteiger partial charge in [-0.15, -0.1) is 0 Å². The summed E-state index contributed by atoms with van der Waals surface area (Å²) in [6.07, 6.45) is 3.99. The second-order valence-corrected chi connectivity index (χ2v) is 12.9. The van der Waals surface area contributed by atoms with Gasteiger partial charge in [-0.25, -0.2) is 13.4 Å². The Bertz CT molecular complexity index is 1310. The largest absolute Gasteiger partial charge is 0.383 e. The summed E-state index contributed by atoms with van der Waals surface area (Å²) in [7, 11) is -1.41. The third kappa shape index (κ3) is 5.63. The van der Waals surface area contributed by atoms with E-state index in [0.717, 1.165) is 42.9 Å². The van der Waals surface area contributed by atoms with Crippen LogP contribution in [0.25, 0.3) is 0 Å². The van der Waals surface area contributed by atoms with Gasteiger partial charge in [-0.05, 0) is 102 Å². The quantitative estimate of drug-likeness (QED) is 0.472. The highest BCUT2D eigenvalue weighted by Gasteiger charge is 2.29. The number of nitrogens with zero attached hydrogens (tertiary/aromatic N) is 4.